The molecule has 2 aromatic heterocycles. The van der Waals surface area contributed by atoms with E-state index in [1.807, 2.05) is 17.5 Å². The summed E-state index contributed by atoms with van der Waals surface area (Å²) in [5.74, 6) is -0.0627. The van der Waals surface area contributed by atoms with Crippen molar-refractivity contribution < 1.29 is 22.4 Å². The molecule has 7 heteroatoms. The van der Waals surface area contributed by atoms with Crippen LogP contribution in [0.5, 0.6) is 0 Å². The Labute approximate surface area is 159 Å². The smallest absolute Gasteiger partial charge is 0.405 e. The zero-order chi connectivity index (χ0) is 19.7. The molecule has 0 aliphatic heterocycles. The summed E-state index contributed by atoms with van der Waals surface area (Å²) < 4.78 is 43.2. The minimum atomic E-state index is -4.47. The number of hydrogen-bond donors (Lipinski definition) is 1. The van der Waals surface area contributed by atoms with Crippen LogP contribution in [0.1, 0.15) is 40.2 Å². The van der Waals surface area contributed by atoms with Crippen LogP contribution in [0.3, 0.4) is 0 Å². The Morgan fingerprint density at radius 3 is 2.75 bits per heavy atom. The number of alkyl halides is 3. The van der Waals surface area contributed by atoms with E-state index in [9.17, 15) is 18.0 Å². The Bertz CT molecular complexity index is 1050. The van der Waals surface area contributed by atoms with Crippen LogP contribution in [-0.4, -0.2) is 23.6 Å². The third-order valence-corrected chi connectivity index (χ3v) is 4.71. The maximum absolute atomic E-state index is 12.7. The summed E-state index contributed by atoms with van der Waals surface area (Å²) in [5, 5.41) is 2.57. The summed E-state index contributed by atoms with van der Waals surface area (Å²) in [5.41, 5.74) is 3.09. The van der Waals surface area contributed by atoms with Crippen LogP contribution < -0.4 is 5.32 Å². The lowest BCUT2D eigenvalue weighted by atomic mass is 9.86. The minimum Gasteiger partial charge on any atom is -0.465 e. The van der Waals surface area contributed by atoms with Gasteiger partial charge in [0.05, 0.1) is 23.0 Å². The lowest BCUT2D eigenvalue weighted by Gasteiger charge is -2.22. The van der Waals surface area contributed by atoms with Crippen LogP contribution >= 0.6 is 0 Å². The molecule has 0 saturated carbocycles. The van der Waals surface area contributed by atoms with Crippen molar-refractivity contribution >= 4 is 28.5 Å². The molecule has 28 heavy (non-hydrogen) atoms. The van der Waals surface area contributed by atoms with Crippen molar-refractivity contribution in [2.75, 3.05) is 6.54 Å². The first-order valence-corrected chi connectivity index (χ1v) is 8.93. The number of aromatic nitrogens is 1. The third kappa shape index (κ3) is 3.65. The molecule has 4 nitrogen and oxygen atoms in total. The molecule has 1 N–H and O–H groups in total. The number of hydrogen-bond acceptors (Lipinski definition) is 3. The van der Waals surface area contributed by atoms with E-state index >= 15 is 0 Å². The Balaban J connectivity index is 1.86. The van der Waals surface area contributed by atoms with Gasteiger partial charge in [-0.05, 0) is 54.7 Å². The summed E-state index contributed by atoms with van der Waals surface area (Å²) in [7, 11) is 0. The summed E-state index contributed by atoms with van der Waals surface area (Å²) in [6.45, 7) is -1.37. The largest absolute Gasteiger partial charge is 0.465 e. The van der Waals surface area contributed by atoms with Gasteiger partial charge >= 0.3 is 6.18 Å². The Kier molecular flexibility index (Phi) is 4.66. The highest BCUT2D eigenvalue weighted by Crippen LogP contribution is 2.36. The molecule has 3 aromatic rings. The quantitative estimate of drug-likeness (QED) is 0.689. The molecule has 0 fully saturated rings. The average molecular weight is 386 g/mol. The maximum atomic E-state index is 12.7. The molecule has 1 aliphatic rings. The van der Waals surface area contributed by atoms with Crippen LogP contribution in [0, 0.1) is 0 Å². The van der Waals surface area contributed by atoms with Gasteiger partial charge in [0, 0.05) is 5.39 Å². The highest BCUT2D eigenvalue weighted by Gasteiger charge is 2.30. The summed E-state index contributed by atoms with van der Waals surface area (Å²) >= 11 is 0. The van der Waals surface area contributed by atoms with Gasteiger partial charge in [0.2, 0.25) is 0 Å². The van der Waals surface area contributed by atoms with E-state index in [2.05, 4.69) is 0 Å². The van der Waals surface area contributed by atoms with E-state index in [0.717, 1.165) is 18.4 Å². The fourth-order valence-corrected chi connectivity index (χ4v) is 3.55. The summed E-state index contributed by atoms with van der Waals surface area (Å²) in [4.78, 5) is 17.4. The molecule has 1 aliphatic carbocycles. The Morgan fingerprint density at radius 2 is 2.00 bits per heavy atom. The van der Waals surface area contributed by atoms with Gasteiger partial charge in [-0.25, -0.2) is 4.98 Å². The van der Waals surface area contributed by atoms with Gasteiger partial charge in [-0.15, -0.1) is 0 Å². The zero-order valence-electron chi connectivity index (χ0n) is 14.8. The Hall–Kier alpha value is -3.09. The molecular formula is C21H17F3N2O2. The lowest BCUT2D eigenvalue weighted by Crippen LogP contribution is -2.34. The molecule has 1 amide bonds. The molecule has 0 radical (unpaired) electrons. The van der Waals surface area contributed by atoms with E-state index in [1.54, 1.807) is 36.6 Å². The van der Waals surface area contributed by atoms with Gasteiger partial charge in [-0.1, -0.05) is 18.2 Å². The molecule has 144 valence electrons. The van der Waals surface area contributed by atoms with E-state index in [-0.39, 0.29) is 5.56 Å². The van der Waals surface area contributed by atoms with Gasteiger partial charge in [0.1, 0.15) is 12.3 Å². The SMILES string of the molecule is O=C(NCC(F)(F)F)c1c2c(nc3ccccc13)/C(=C\c1ccco1)CCC2. The van der Waals surface area contributed by atoms with E-state index in [4.69, 9.17) is 9.40 Å². The first kappa shape index (κ1) is 18.3. The van der Waals surface area contributed by atoms with Crippen molar-refractivity contribution in [1.29, 1.82) is 0 Å². The number of pyridine rings is 1. The highest BCUT2D eigenvalue weighted by atomic mass is 19.4. The minimum absolute atomic E-state index is 0.273. The van der Waals surface area contributed by atoms with Crippen LogP contribution in [-0.2, 0) is 6.42 Å². The van der Waals surface area contributed by atoms with Crippen molar-refractivity contribution in [3.8, 4) is 0 Å². The van der Waals surface area contributed by atoms with Gasteiger partial charge in [0.25, 0.3) is 5.91 Å². The van der Waals surface area contributed by atoms with E-state index in [1.165, 1.54) is 0 Å². The second-order valence-corrected chi connectivity index (χ2v) is 6.67. The first-order chi connectivity index (χ1) is 13.4. The van der Waals surface area contributed by atoms with Crippen molar-refractivity contribution in [3.05, 3.63) is 65.2 Å². The van der Waals surface area contributed by atoms with Crippen LogP contribution in [0.2, 0.25) is 0 Å². The normalized spacial score (nSPS) is 15.6. The topological polar surface area (TPSA) is 55.1 Å². The first-order valence-electron chi connectivity index (χ1n) is 8.93. The lowest BCUT2D eigenvalue weighted by molar-refractivity contribution is -0.123. The third-order valence-electron chi connectivity index (χ3n) is 4.71. The molecule has 0 saturated heterocycles. The number of amides is 1. The second kappa shape index (κ2) is 7.14. The van der Waals surface area contributed by atoms with Gasteiger partial charge in [-0.2, -0.15) is 13.2 Å². The number of nitrogens with zero attached hydrogens (tertiary/aromatic N) is 1. The van der Waals surface area contributed by atoms with Crippen LogP contribution in [0.4, 0.5) is 13.2 Å². The van der Waals surface area contributed by atoms with Crippen molar-refractivity contribution in [1.82, 2.24) is 10.3 Å². The van der Waals surface area contributed by atoms with Crippen molar-refractivity contribution in [3.63, 3.8) is 0 Å². The number of fused-ring (bicyclic) bond motifs is 2. The maximum Gasteiger partial charge on any atom is 0.405 e. The number of nitrogens with one attached hydrogen (secondary N) is 1. The monoisotopic (exact) mass is 386 g/mol. The molecule has 0 atom stereocenters. The fourth-order valence-electron chi connectivity index (χ4n) is 3.55. The molecule has 0 unspecified atom stereocenters. The molecule has 2 heterocycles. The molecule has 4 rings (SSSR count). The molecule has 1 aromatic carbocycles. The number of carbonyl (C=O) groups is 1. The molecule has 0 spiro atoms. The molecular weight excluding hydrogens is 369 g/mol. The van der Waals surface area contributed by atoms with E-state index < -0.39 is 18.6 Å². The summed E-state index contributed by atoms with van der Waals surface area (Å²) in [6, 6.07) is 10.6. The molecule has 0 bridgehead atoms. The van der Waals surface area contributed by atoms with E-state index in [0.29, 0.717) is 34.3 Å². The number of benzene rings is 1. The predicted molar refractivity (Wildman–Crippen MR) is 99.6 cm³/mol. The number of halogens is 3. The standard InChI is InChI=1S/C21H17F3N2O2/c22-21(23,24)12-25-20(27)18-15-7-1-2-9-17(15)26-19-13(5-3-8-16(18)19)11-14-6-4-10-28-14/h1-2,4,6-7,9-11H,3,5,8,12H2,(H,25,27)/b13-11-. The number of para-hydroxylation sites is 1. The fraction of sp³-hybridized carbons (Fsp3) is 0.238. The second-order valence-electron chi connectivity index (χ2n) is 6.67. The number of carbonyl (C=O) groups excluding carboxylic acids is 1. The van der Waals surface area contributed by atoms with Gasteiger partial charge < -0.3 is 9.73 Å². The Morgan fingerprint density at radius 1 is 1.18 bits per heavy atom. The average Bonchev–Trinajstić information content (AvgIpc) is 3.17. The van der Waals surface area contributed by atoms with Gasteiger partial charge in [-0.3, -0.25) is 4.79 Å². The van der Waals surface area contributed by atoms with Crippen molar-refractivity contribution in [2.45, 2.75) is 25.4 Å². The highest BCUT2D eigenvalue weighted by molar-refractivity contribution is 6.09. The van der Waals surface area contributed by atoms with Crippen molar-refractivity contribution in [2.24, 2.45) is 0 Å². The number of furan rings is 1. The number of rotatable bonds is 3. The predicted octanol–water partition coefficient (Wildman–Crippen LogP) is 5.00. The van der Waals surface area contributed by atoms with Crippen LogP contribution in [0.25, 0.3) is 22.6 Å². The number of allylic oxidation sites excluding steroid dienone is 1. The van der Waals surface area contributed by atoms with Gasteiger partial charge in [0.15, 0.2) is 0 Å². The summed E-state index contributed by atoms with van der Waals surface area (Å²) in [6.07, 6.45) is 1.08. The zero-order valence-corrected chi connectivity index (χ0v) is 14.8. The van der Waals surface area contributed by atoms with Crippen LogP contribution in [0.15, 0.2) is 47.1 Å².